The van der Waals surface area contributed by atoms with Crippen molar-refractivity contribution >= 4 is 37.5 Å². The fourth-order valence-electron chi connectivity index (χ4n) is 2.08. The Balaban J connectivity index is 2.33. The summed E-state index contributed by atoms with van der Waals surface area (Å²) in [5.41, 5.74) is 1.12. The number of hydrogen-bond donors (Lipinski definition) is 1. The van der Waals surface area contributed by atoms with Crippen molar-refractivity contribution in [2.75, 3.05) is 37.0 Å². The van der Waals surface area contributed by atoms with E-state index < -0.39 is 10.0 Å². The molecule has 0 bridgehead atoms. The number of halogens is 1. The van der Waals surface area contributed by atoms with Crippen molar-refractivity contribution in [3.63, 3.8) is 0 Å². The second-order valence-corrected chi connectivity index (χ2v) is 7.15. The Morgan fingerprint density at radius 3 is 2.67 bits per heavy atom. The fourth-order valence-corrected chi connectivity index (χ4v) is 3.88. The van der Waals surface area contributed by atoms with Crippen LogP contribution in [0.2, 0.25) is 0 Å². The molecule has 0 aromatic heterocycles. The molecular weight excluding hydrogens is 360 g/mol. The van der Waals surface area contributed by atoms with Gasteiger partial charge >= 0.3 is 0 Å². The van der Waals surface area contributed by atoms with Gasteiger partial charge in [0.15, 0.2) is 0 Å². The second-order valence-electron chi connectivity index (χ2n) is 4.68. The molecule has 1 amide bonds. The molecule has 1 N–H and O–H groups in total. The van der Waals surface area contributed by atoms with E-state index in [2.05, 4.69) is 21.2 Å². The van der Waals surface area contributed by atoms with Gasteiger partial charge in [-0.15, -0.1) is 0 Å². The van der Waals surface area contributed by atoms with Crippen molar-refractivity contribution in [1.82, 2.24) is 4.31 Å². The molecule has 1 aromatic carbocycles. The summed E-state index contributed by atoms with van der Waals surface area (Å²) in [6, 6.07) is 4.88. The normalized spacial score (nSPS) is 16.7. The van der Waals surface area contributed by atoms with E-state index in [9.17, 15) is 13.2 Å². The SMILES string of the molecule is Cc1ccc(NC(=O)CBr)cc1S(=O)(=O)N1CCOCC1. The van der Waals surface area contributed by atoms with Gasteiger partial charge in [0.25, 0.3) is 0 Å². The van der Waals surface area contributed by atoms with Crippen LogP contribution in [0, 0.1) is 6.92 Å². The third-order valence-corrected chi connectivity index (χ3v) is 5.73. The van der Waals surface area contributed by atoms with Crippen LogP contribution in [0.25, 0.3) is 0 Å². The lowest BCUT2D eigenvalue weighted by molar-refractivity contribution is -0.113. The number of alkyl halides is 1. The minimum Gasteiger partial charge on any atom is -0.379 e. The predicted molar refractivity (Wildman–Crippen MR) is 83.2 cm³/mol. The maximum atomic E-state index is 12.7. The van der Waals surface area contributed by atoms with Crippen molar-refractivity contribution in [1.29, 1.82) is 0 Å². The summed E-state index contributed by atoms with van der Waals surface area (Å²) in [6.07, 6.45) is 0. The Bertz CT molecular complexity index is 627. The number of carbonyl (C=O) groups is 1. The van der Waals surface area contributed by atoms with Crippen LogP contribution in [0.5, 0.6) is 0 Å². The van der Waals surface area contributed by atoms with Crippen molar-refractivity contribution in [3.05, 3.63) is 23.8 Å². The maximum Gasteiger partial charge on any atom is 0.243 e. The van der Waals surface area contributed by atoms with Gasteiger partial charge in [-0.25, -0.2) is 8.42 Å². The van der Waals surface area contributed by atoms with Gasteiger partial charge < -0.3 is 10.1 Å². The summed E-state index contributed by atoms with van der Waals surface area (Å²) in [7, 11) is -3.57. The number of nitrogens with zero attached hydrogens (tertiary/aromatic N) is 1. The Morgan fingerprint density at radius 2 is 2.05 bits per heavy atom. The molecule has 21 heavy (non-hydrogen) atoms. The first-order valence-electron chi connectivity index (χ1n) is 6.49. The van der Waals surface area contributed by atoms with E-state index in [1.807, 2.05) is 0 Å². The number of hydrogen-bond acceptors (Lipinski definition) is 4. The topological polar surface area (TPSA) is 75.7 Å². The third kappa shape index (κ3) is 3.82. The van der Waals surface area contributed by atoms with Gasteiger partial charge in [0.2, 0.25) is 15.9 Å². The van der Waals surface area contributed by atoms with Crippen LogP contribution in [0.1, 0.15) is 5.56 Å². The molecule has 0 radical (unpaired) electrons. The number of amides is 1. The molecular formula is C13H17BrN2O4S. The van der Waals surface area contributed by atoms with E-state index in [-0.39, 0.29) is 16.1 Å². The minimum absolute atomic E-state index is 0.159. The predicted octanol–water partition coefficient (Wildman–Crippen LogP) is 1.35. The molecule has 1 aliphatic heterocycles. The number of nitrogens with one attached hydrogen (secondary N) is 1. The average Bonchev–Trinajstić information content (AvgIpc) is 2.49. The molecule has 0 atom stereocenters. The Kier molecular flexibility index (Phi) is 5.37. The van der Waals surface area contributed by atoms with Gasteiger partial charge in [-0.05, 0) is 24.6 Å². The number of sulfonamides is 1. The Hall–Kier alpha value is -0.960. The molecule has 1 heterocycles. The van der Waals surface area contributed by atoms with E-state index in [4.69, 9.17) is 4.74 Å². The van der Waals surface area contributed by atoms with E-state index in [1.54, 1.807) is 19.1 Å². The number of carbonyl (C=O) groups excluding carboxylic acids is 1. The Labute approximate surface area is 132 Å². The number of aryl methyl sites for hydroxylation is 1. The van der Waals surface area contributed by atoms with E-state index in [0.29, 0.717) is 37.6 Å². The van der Waals surface area contributed by atoms with Gasteiger partial charge in [-0.1, -0.05) is 22.0 Å². The number of rotatable bonds is 4. The van der Waals surface area contributed by atoms with Crippen LogP contribution >= 0.6 is 15.9 Å². The first-order chi connectivity index (χ1) is 9.95. The molecule has 0 saturated carbocycles. The molecule has 6 nitrogen and oxygen atoms in total. The molecule has 1 saturated heterocycles. The number of morpholine rings is 1. The van der Waals surface area contributed by atoms with E-state index >= 15 is 0 Å². The molecule has 0 aliphatic carbocycles. The summed E-state index contributed by atoms with van der Waals surface area (Å²) < 4.78 is 31.9. The average molecular weight is 377 g/mol. The van der Waals surface area contributed by atoms with E-state index in [0.717, 1.165) is 0 Å². The summed E-state index contributed by atoms with van der Waals surface area (Å²) in [6.45, 7) is 3.24. The van der Waals surface area contributed by atoms with Crippen LogP contribution in [0.3, 0.4) is 0 Å². The van der Waals surface area contributed by atoms with Crippen LogP contribution in [-0.4, -0.2) is 50.3 Å². The van der Waals surface area contributed by atoms with Crippen LogP contribution in [0.4, 0.5) is 5.69 Å². The summed E-state index contributed by atoms with van der Waals surface area (Å²) in [4.78, 5) is 11.6. The third-order valence-electron chi connectivity index (χ3n) is 3.18. The van der Waals surface area contributed by atoms with Crippen molar-refractivity contribution < 1.29 is 17.9 Å². The lowest BCUT2D eigenvalue weighted by Gasteiger charge is -2.26. The number of ether oxygens (including phenoxy) is 1. The standard InChI is InChI=1S/C13H17BrN2O4S/c1-10-2-3-11(15-13(17)9-14)8-12(10)21(18,19)16-4-6-20-7-5-16/h2-3,8H,4-7,9H2,1H3,(H,15,17). The maximum absolute atomic E-state index is 12.7. The zero-order valence-corrected chi connectivity index (χ0v) is 14.0. The second kappa shape index (κ2) is 6.87. The molecule has 1 aliphatic rings. The summed E-state index contributed by atoms with van der Waals surface area (Å²) in [5, 5.41) is 2.80. The summed E-state index contributed by atoms with van der Waals surface area (Å²) in [5.74, 6) is -0.228. The molecule has 2 rings (SSSR count). The van der Waals surface area contributed by atoms with Crippen LogP contribution in [0.15, 0.2) is 23.1 Å². The highest BCUT2D eigenvalue weighted by Gasteiger charge is 2.27. The monoisotopic (exact) mass is 376 g/mol. The smallest absolute Gasteiger partial charge is 0.243 e. The highest BCUT2D eigenvalue weighted by atomic mass is 79.9. The van der Waals surface area contributed by atoms with Gasteiger partial charge in [0.1, 0.15) is 0 Å². The summed E-state index contributed by atoms with van der Waals surface area (Å²) >= 11 is 3.05. The van der Waals surface area contributed by atoms with Crippen LogP contribution in [-0.2, 0) is 19.6 Å². The van der Waals surface area contributed by atoms with Crippen molar-refractivity contribution in [2.45, 2.75) is 11.8 Å². The van der Waals surface area contributed by atoms with Gasteiger partial charge in [0, 0.05) is 18.8 Å². The molecule has 0 spiro atoms. The molecule has 8 heteroatoms. The highest BCUT2D eigenvalue weighted by Crippen LogP contribution is 2.24. The zero-order valence-electron chi connectivity index (χ0n) is 11.6. The van der Waals surface area contributed by atoms with Crippen molar-refractivity contribution in [2.24, 2.45) is 0 Å². The Morgan fingerprint density at radius 1 is 1.38 bits per heavy atom. The van der Waals surface area contributed by atoms with E-state index in [1.165, 1.54) is 10.4 Å². The van der Waals surface area contributed by atoms with Crippen molar-refractivity contribution in [3.8, 4) is 0 Å². The minimum atomic E-state index is -3.57. The molecule has 1 aromatic rings. The first-order valence-corrected chi connectivity index (χ1v) is 9.05. The van der Waals surface area contributed by atoms with Gasteiger partial charge in [-0.2, -0.15) is 4.31 Å². The molecule has 0 unspecified atom stereocenters. The zero-order chi connectivity index (χ0) is 15.5. The number of anilines is 1. The molecule has 116 valence electrons. The lowest BCUT2D eigenvalue weighted by atomic mass is 10.2. The van der Waals surface area contributed by atoms with Gasteiger partial charge in [-0.3, -0.25) is 4.79 Å². The molecule has 1 fully saturated rings. The quantitative estimate of drug-likeness (QED) is 0.804. The number of benzene rings is 1. The first kappa shape index (κ1) is 16.4. The lowest BCUT2D eigenvalue weighted by Crippen LogP contribution is -2.40. The van der Waals surface area contributed by atoms with Crippen LogP contribution < -0.4 is 5.32 Å². The fraction of sp³-hybridized carbons (Fsp3) is 0.462. The van der Waals surface area contributed by atoms with Gasteiger partial charge in [0.05, 0.1) is 23.4 Å². The largest absolute Gasteiger partial charge is 0.379 e. The highest BCUT2D eigenvalue weighted by molar-refractivity contribution is 9.09.